The standard InChI is InChI=1S/C16H32N2O2/c1-5-16(6-2,10-11-19)12-17-15(20)18-13(3)8-7-9-14(18)4/h13-14,19H,5-12H2,1-4H3,(H,17,20). The van der Waals surface area contributed by atoms with Crippen molar-refractivity contribution in [3.63, 3.8) is 0 Å². The summed E-state index contributed by atoms with van der Waals surface area (Å²) in [7, 11) is 0. The van der Waals surface area contributed by atoms with Crippen LogP contribution < -0.4 is 5.32 Å². The number of nitrogens with zero attached hydrogens (tertiary/aromatic N) is 1. The fourth-order valence-electron chi connectivity index (χ4n) is 3.36. The highest BCUT2D eigenvalue weighted by molar-refractivity contribution is 5.75. The molecule has 2 N–H and O–H groups in total. The number of hydrogen-bond acceptors (Lipinski definition) is 2. The van der Waals surface area contributed by atoms with Gasteiger partial charge in [0, 0.05) is 25.2 Å². The maximum atomic E-state index is 12.5. The molecule has 2 atom stereocenters. The van der Waals surface area contributed by atoms with E-state index in [-0.39, 0.29) is 18.1 Å². The van der Waals surface area contributed by atoms with Crippen molar-refractivity contribution in [1.82, 2.24) is 10.2 Å². The predicted molar refractivity (Wildman–Crippen MR) is 82.7 cm³/mol. The number of hydrogen-bond donors (Lipinski definition) is 2. The normalized spacial score (nSPS) is 23.8. The minimum absolute atomic E-state index is 0.0344. The Morgan fingerprint density at radius 3 is 2.25 bits per heavy atom. The van der Waals surface area contributed by atoms with E-state index in [0.29, 0.717) is 18.6 Å². The topological polar surface area (TPSA) is 52.6 Å². The summed E-state index contributed by atoms with van der Waals surface area (Å²) in [6, 6.07) is 0.720. The van der Waals surface area contributed by atoms with E-state index in [4.69, 9.17) is 0 Å². The van der Waals surface area contributed by atoms with Crippen LogP contribution in [0.4, 0.5) is 4.79 Å². The molecule has 0 bridgehead atoms. The van der Waals surface area contributed by atoms with Gasteiger partial charge < -0.3 is 15.3 Å². The molecule has 0 radical (unpaired) electrons. The summed E-state index contributed by atoms with van der Waals surface area (Å²) in [5.74, 6) is 0. The molecule has 1 aliphatic rings. The zero-order valence-electron chi connectivity index (χ0n) is 13.6. The van der Waals surface area contributed by atoms with Crippen molar-refractivity contribution in [1.29, 1.82) is 0 Å². The molecule has 0 aliphatic carbocycles. The summed E-state index contributed by atoms with van der Waals surface area (Å²) in [5, 5.41) is 12.4. The smallest absolute Gasteiger partial charge is 0.317 e. The lowest BCUT2D eigenvalue weighted by atomic mass is 9.79. The van der Waals surface area contributed by atoms with Gasteiger partial charge in [-0.25, -0.2) is 4.79 Å². The summed E-state index contributed by atoms with van der Waals surface area (Å²) >= 11 is 0. The summed E-state index contributed by atoms with van der Waals surface area (Å²) in [6.07, 6.45) is 6.13. The Morgan fingerprint density at radius 2 is 1.80 bits per heavy atom. The molecular weight excluding hydrogens is 252 g/mol. The average Bonchev–Trinajstić information content (AvgIpc) is 2.43. The predicted octanol–water partition coefficient (Wildman–Crippen LogP) is 3.15. The lowest BCUT2D eigenvalue weighted by molar-refractivity contribution is 0.113. The Balaban J connectivity index is 2.60. The summed E-state index contributed by atoms with van der Waals surface area (Å²) in [6.45, 7) is 9.39. The highest BCUT2D eigenvalue weighted by Gasteiger charge is 2.31. The molecule has 4 nitrogen and oxygen atoms in total. The minimum atomic E-state index is 0.0344. The van der Waals surface area contributed by atoms with Crippen molar-refractivity contribution in [2.75, 3.05) is 13.2 Å². The number of rotatable bonds is 6. The number of aliphatic hydroxyl groups excluding tert-OH is 1. The number of carbonyl (C=O) groups is 1. The van der Waals surface area contributed by atoms with E-state index in [1.165, 1.54) is 6.42 Å². The second kappa shape index (κ2) is 7.87. The number of amides is 2. The van der Waals surface area contributed by atoms with Gasteiger partial charge in [0.25, 0.3) is 0 Å². The summed E-state index contributed by atoms with van der Waals surface area (Å²) in [4.78, 5) is 14.5. The number of carbonyl (C=O) groups excluding carboxylic acids is 1. The van der Waals surface area contributed by atoms with Gasteiger partial charge in [0.15, 0.2) is 0 Å². The Hall–Kier alpha value is -0.770. The van der Waals surface area contributed by atoms with Gasteiger partial charge in [-0.2, -0.15) is 0 Å². The van der Waals surface area contributed by atoms with E-state index >= 15 is 0 Å². The van der Waals surface area contributed by atoms with Crippen molar-refractivity contribution >= 4 is 6.03 Å². The van der Waals surface area contributed by atoms with Crippen LogP contribution in [-0.2, 0) is 0 Å². The zero-order chi connectivity index (χ0) is 15.2. The van der Waals surface area contributed by atoms with Crippen LogP contribution in [0.5, 0.6) is 0 Å². The molecule has 118 valence electrons. The van der Waals surface area contributed by atoms with Crippen LogP contribution in [0.25, 0.3) is 0 Å². The summed E-state index contributed by atoms with van der Waals surface area (Å²) < 4.78 is 0. The molecule has 20 heavy (non-hydrogen) atoms. The molecule has 4 heteroatoms. The lowest BCUT2D eigenvalue weighted by Gasteiger charge is -2.40. The SMILES string of the molecule is CCC(CC)(CCO)CNC(=O)N1C(C)CCCC1C. The lowest BCUT2D eigenvalue weighted by Crippen LogP contribution is -2.53. The first-order valence-electron chi connectivity index (χ1n) is 8.16. The van der Waals surface area contributed by atoms with E-state index in [9.17, 15) is 9.90 Å². The summed E-state index contributed by atoms with van der Waals surface area (Å²) in [5.41, 5.74) is 0.0344. The van der Waals surface area contributed by atoms with Crippen molar-refractivity contribution in [2.24, 2.45) is 5.41 Å². The van der Waals surface area contributed by atoms with Gasteiger partial charge in [-0.15, -0.1) is 0 Å². The van der Waals surface area contributed by atoms with Crippen molar-refractivity contribution in [3.05, 3.63) is 0 Å². The molecule has 0 spiro atoms. The highest BCUT2D eigenvalue weighted by Crippen LogP contribution is 2.30. The molecule has 0 saturated carbocycles. The monoisotopic (exact) mass is 284 g/mol. The number of aliphatic hydroxyl groups is 1. The van der Waals surface area contributed by atoms with Crippen LogP contribution in [0, 0.1) is 5.41 Å². The Bertz CT molecular complexity index is 293. The molecule has 0 aromatic heterocycles. The number of urea groups is 1. The fourth-order valence-corrected chi connectivity index (χ4v) is 3.36. The van der Waals surface area contributed by atoms with E-state index < -0.39 is 0 Å². The third-order valence-electron chi connectivity index (χ3n) is 5.18. The van der Waals surface area contributed by atoms with Crippen LogP contribution in [0.15, 0.2) is 0 Å². The maximum absolute atomic E-state index is 12.5. The number of likely N-dealkylation sites (tertiary alicyclic amines) is 1. The van der Waals surface area contributed by atoms with Gasteiger partial charge in [-0.05, 0) is 57.8 Å². The van der Waals surface area contributed by atoms with Crippen LogP contribution >= 0.6 is 0 Å². The van der Waals surface area contributed by atoms with Crippen LogP contribution in [0.1, 0.15) is 66.2 Å². The largest absolute Gasteiger partial charge is 0.396 e. The number of nitrogens with one attached hydrogen (secondary N) is 1. The Morgan fingerprint density at radius 1 is 1.25 bits per heavy atom. The van der Waals surface area contributed by atoms with Crippen molar-refractivity contribution in [2.45, 2.75) is 78.3 Å². The highest BCUT2D eigenvalue weighted by atomic mass is 16.3. The average molecular weight is 284 g/mol. The van der Waals surface area contributed by atoms with E-state index in [2.05, 4.69) is 33.0 Å². The fraction of sp³-hybridized carbons (Fsp3) is 0.938. The molecule has 1 heterocycles. The first kappa shape index (κ1) is 17.3. The van der Waals surface area contributed by atoms with Gasteiger partial charge in [0.1, 0.15) is 0 Å². The van der Waals surface area contributed by atoms with Crippen LogP contribution in [-0.4, -0.2) is 41.3 Å². The first-order chi connectivity index (χ1) is 9.49. The van der Waals surface area contributed by atoms with Crippen molar-refractivity contribution in [3.8, 4) is 0 Å². The molecule has 2 amide bonds. The molecule has 0 aromatic carbocycles. The van der Waals surface area contributed by atoms with Gasteiger partial charge in [0.2, 0.25) is 0 Å². The van der Waals surface area contributed by atoms with Crippen LogP contribution in [0.3, 0.4) is 0 Å². The minimum Gasteiger partial charge on any atom is -0.396 e. The van der Waals surface area contributed by atoms with Gasteiger partial charge in [-0.3, -0.25) is 0 Å². The Labute approximate surface area is 123 Å². The second-order valence-corrected chi connectivity index (χ2v) is 6.38. The van der Waals surface area contributed by atoms with Gasteiger partial charge in [0.05, 0.1) is 0 Å². The van der Waals surface area contributed by atoms with E-state index in [0.717, 1.165) is 32.1 Å². The van der Waals surface area contributed by atoms with Crippen LogP contribution in [0.2, 0.25) is 0 Å². The molecular formula is C16H32N2O2. The first-order valence-corrected chi connectivity index (χ1v) is 8.16. The van der Waals surface area contributed by atoms with E-state index in [1.54, 1.807) is 0 Å². The van der Waals surface area contributed by atoms with Crippen molar-refractivity contribution < 1.29 is 9.90 Å². The zero-order valence-corrected chi connectivity index (χ0v) is 13.6. The molecule has 2 unspecified atom stereocenters. The van der Waals surface area contributed by atoms with E-state index in [1.807, 2.05) is 4.90 Å². The third-order valence-corrected chi connectivity index (χ3v) is 5.18. The molecule has 1 rings (SSSR count). The quantitative estimate of drug-likeness (QED) is 0.787. The van der Waals surface area contributed by atoms with Gasteiger partial charge >= 0.3 is 6.03 Å². The second-order valence-electron chi connectivity index (χ2n) is 6.38. The number of piperidine rings is 1. The molecule has 1 saturated heterocycles. The maximum Gasteiger partial charge on any atom is 0.317 e. The molecule has 0 aromatic rings. The molecule has 1 fully saturated rings. The van der Waals surface area contributed by atoms with Gasteiger partial charge in [-0.1, -0.05) is 13.8 Å². The third kappa shape index (κ3) is 4.11. The molecule has 1 aliphatic heterocycles. The Kier molecular flexibility index (Phi) is 6.80.